The first-order valence-corrected chi connectivity index (χ1v) is 6.74. The molecule has 0 amide bonds. The molecule has 1 aromatic carbocycles. The maximum atomic E-state index is 12.5. The third-order valence-electron chi connectivity index (χ3n) is 2.54. The minimum absolute atomic E-state index is 0.669. The average molecular weight is 306 g/mol. The second-order valence-corrected chi connectivity index (χ2v) is 6.04. The lowest BCUT2D eigenvalue weighted by Crippen LogP contribution is -2.03. The van der Waals surface area contributed by atoms with E-state index in [-0.39, 0.29) is 0 Å². The van der Waals surface area contributed by atoms with Gasteiger partial charge in [-0.1, -0.05) is 12.1 Å². The summed E-state index contributed by atoms with van der Waals surface area (Å²) in [6.07, 6.45) is -4.33. The average Bonchev–Trinajstić information content (AvgIpc) is 2.70. The molecule has 0 aliphatic heterocycles. The van der Waals surface area contributed by atoms with Crippen LogP contribution < -0.4 is 0 Å². The van der Waals surface area contributed by atoms with Gasteiger partial charge in [-0.05, 0) is 36.2 Å². The lowest BCUT2D eigenvalue weighted by atomic mass is 10.0. The van der Waals surface area contributed by atoms with Crippen LogP contribution in [-0.4, -0.2) is 5.26 Å². The summed E-state index contributed by atoms with van der Waals surface area (Å²) < 4.78 is 42.1. The number of benzene rings is 1. The van der Waals surface area contributed by atoms with Crippen LogP contribution in [0.25, 0.3) is 11.1 Å². The van der Waals surface area contributed by atoms with Crippen LogP contribution in [0.3, 0.4) is 0 Å². The molecule has 0 radical (unpaired) electrons. The molecule has 0 atom stereocenters. The third-order valence-corrected chi connectivity index (χ3v) is 4.19. The van der Waals surface area contributed by atoms with Crippen LogP contribution in [0.2, 0.25) is 0 Å². The van der Waals surface area contributed by atoms with Gasteiger partial charge in [-0.25, -0.2) is 5.26 Å². The molecule has 0 unspecified atom stereocenters. The van der Waals surface area contributed by atoms with E-state index in [1.807, 2.05) is 6.92 Å². The Kier molecular flexibility index (Phi) is 4.19. The van der Waals surface area contributed by atoms with Gasteiger partial charge in [0.25, 0.3) is 0 Å². The first kappa shape index (κ1) is 14.4. The summed E-state index contributed by atoms with van der Waals surface area (Å²) in [5, 5.41) is 8.36. The summed E-state index contributed by atoms with van der Waals surface area (Å²) in [6, 6.07) is 6.76. The molecule has 7 heteroatoms. The molecule has 19 heavy (non-hydrogen) atoms. The van der Waals surface area contributed by atoms with Crippen LogP contribution in [0.4, 0.5) is 13.2 Å². The summed E-state index contributed by atoms with van der Waals surface area (Å²) in [5.41, 5.74) is 0.863. The first-order chi connectivity index (χ1) is 8.91. The minimum atomic E-state index is -4.33. The quantitative estimate of drug-likeness (QED) is 0.478. The van der Waals surface area contributed by atoms with E-state index < -0.39 is 11.7 Å². The maximum Gasteiger partial charge on any atom is 0.416 e. The Morgan fingerprint density at radius 1 is 1.21 bits per heavy atom. The fourth-order valence-electron chi connectivity index (χ4n) is 1.66. The van der Waals surface area contributed by atoms with Crippen molar-refractivity contribution in [2.75, 3.05) is 0 Å². The van der Waals surface area contributed by atoms with E-state index in [1.165, 1.54) is 23.5 Å². The van der Waals surface area contributed by atoms with Crippen LogP contribution in [0, 0.1) is 6.92 Å². The predicted molar refractivity (Wildman–Crippen MR) is 69.1 cm³/mol. The molecular weight excluding hydrogens is 297 g/mol. The third kappa shape index (κ3) is 3.30. The summed E-state index contributed by atoms with van der Waals surface area (Å²) in [5.74, 6) is 0. The standard InChI is InChI=1S/C12H9F3O2S2/c1-7-10(6-11(18-7)19-17-16)8-2-4-9(5-3-8)12(13,14)15/h2-6,16H,1H3. The molecule has 0 saturated heterocycles. The monoisotopic (exact) mass is 306 g/mol. The van der Waals surface area contributed by atoms with Crippen LogP contribution in [0.5, 0.6) is 0 Å². The maximum absolute atomic E-state index is 12.5. The topological polar surface area (TPSA) is 29.5 Å². The molecule has 0 spiro atoms. The molecule has 2 rings (SSSR count). The summed E-state index contributed by atoms with van der Waals surface area (Å²) in [6.45, 7) is 1.86. The van der Waals surface area contributed by atoms with Gasteiger partial charge in [-0.2, -0.15) is 17.5 Å². The van der Waals surface area contributed by atoms with Gasteiger partial charge in [0.15, 0.2) is 0 Å². The van der Waals surface area contributed by atoms with E-state index in [1.54, 1.807) is 6.07 Å². The zero-order valence-electron chi connectivity index (χ0n) is 9.69. The molecule has 2 aromatic rings. The van der Waals surface area contributed by atoms with Crippen LogP contribution in [0.15, 0.2) is 34.5 Å². The molecule has 0 fully saturated rings. The molecule has 0 aliphatic rings. The van der Waals surface area contributed by atoms with Crippen LogP contribution >= 0.6 is 23.4 Å². The lowest BCUT2D eigenvalue weighted by Gasteiger charge is -2.07. The fraction of sp³-hybridized carbons (Fsp3) is 0.167. The number of hydrogen-bond acceptors (Lipinski definition) is 4. The van der Waals surface area contributed by atoms with Gasteiger partial charge in [-0.3, -0.25) is 0 Å². The normalized spacial score (nSPS) is 11.8. The molecular formula is C12H9F3O2S2. The van der Waals surface area contributed by atoms with Gasteiger partial charge >= 0.3 is 6.18 Å². The Balaban J connectivity index is 2.32. The molecule has 1 N–H and O–H groups in total. The van der Waals surface area contributed by atoms with Crippen LogP contribution in [-0.2, 0) is 10.5 Å². The van der Waals surface area contributed by atoms with Crippen molar-refractivity contribution in [3.8, 4) is 11.1 Å². The van der Waals surface area contributed by atoms with Gasteiger partial charge < -0.3 is 0 Å². The summed E-state index contributed by atoms with van der Waals surface area (Å²) in [7, 11) is 0. The van der Waals surface area contributed by atoms with E-state index in [2.05, 4.69) is 4.33 Å². The van der Waals surface area contributed by atoms with Crippen molar-refractivity contribution in [2.24, 2.45) is 0 Å². The molecule has 0 aliphatic carbocycles. The highest BCUT2D eigenvalue weighted by Crippen LogP contribution is 2.37. The van der Waals surface area contributed by atoms with Crippen LogP contribution in [0.1, 0.15) is 10.4 Å². The van der Waals surface area contributed by atoms with E-state index in [0.717, 1.165) is 38.8 Å². The van der Waals surface area contributed by atoms with Gasteiger partial charge in [0.2, 0.25) is 0 Å². The van der Waals surface area contributed by atoms with Gasteiger partial charge in [0.05, 0.1) is 21.8 Å². The Labute approximate surface area is 116 Å². The van der Waals surface area contributed by atoms with E-state index >= 15 is 0 Å². The molecule has 2 nitrogen and oxygen atoms in total. The number of alkyl halides is 3. The SMILES string of the molecule is Cc1sc(SOO)cc1-c1ccc(C(F)(F)F)cc1. The van der Waals surface area contributed by atoms with Crippen molar-refractivity contribution in [3.05, 3.63) is 40.8 Å². The van der Waals surface area contributed by atoms with Gasteiger partial charge in [0, 0.05) is 4.88 Å². The summed E-state index contributed by atoms with van der Waals surface area (Å²) in [4.78, 5) is 0.944. The molecule has 0 saturated carbocycles. The van der Waals surface area contributed by atoms with E-state index in [9.17, 15) is 13.2 Å². The van der Waals surface area contributed by atoms with E-state index in [4.69, 9.17) is 5.26 Å². The number of hydrogen-bond donors (Lipinski definition) is 1. The largest absolute Gasteiger partial charge is 0.416 e. The minimum Gasteiger partial charge on any atom is -0.239 e. The highest BCUT2D eigenvalue weighted by Gasteiger charge is 2.30. The van der Waals surface area contributed by atoms with E-state index in [0.29, 0.717) is 5.56 Å². The highest BCUT2D eigenvalue weighted by atomic mass is 32.2. The zero-order chi connectivity index (χ0) is 14.0. The van der Waals surface area contributed by atoms with Crippen molar-refractivity contribution in [1.82, 2.24) is 0 Å². The van der Waals surface area contributed by atoms with Crippen molar-refractivity contribution in [1.29, 1.82) is 0 Å². The first-order valence-electron chi connectivity index (χ1n) is 5.18. The Morgan fingerprint density at radius 2 is 1.84 bits per heavy atom. The highest BCUT2D eigenvalue weighted by molar-refractivity contribution is 7.96. The Bertz CT molecular complexity index is 561. The summed E-state index contributed by atoms with van der Waals surface area (Å²) >= 11 is 2.21. The Morgan fingerprint density at radius 3 is 2.37 bits per heavy atom. The van der Waals surface area contributed by atoms with Gasteiger partial charge in [0.1, 0.15) is 0 Å². The number of rotatable bonds is 3. The number of halogens is 3. The second-order valence-electron chi connectivity index (χ2n) is 3.77. The lowest BCUT2D eigenvalue weighted by molar-refractivity contribution is -0.137. The number of thiophene rings is 1. The molecule has 102 valence electrons. The van der Waals surface area contributed by atoms with Crippen molar-refractivity contribution in [2.45, 2.75) is 17.3 Å². The van der Waals surface area contributed by atoms with Crippen molar-refractivity contribution < 1.29 is 22.8 Å². The van der Waals surface area contributed by atoms with Crippen molar-refractivity contribution in [3.63, 3.8) is 0 Å². The molecule has 1 heterocycles. The Hall–Kier alpha value is -1.02. The second kappa shape index (κ2) is 5.54. The zero-order valence-corrected chi connectivity index (χ0v) is 11.3. The molecule has 0 bridgehead atoms. The molecule has 1 aromatic heterocycles. The van der Waals surface area contributed by atoms with Gasteiger partial charge in [-0.15, -0.1) is 11.3 Å². The van der Waals surface area contributed by atoms with Crippen molar-refractivity contribution >= 4 is 23.4 Å². The predicted octanol–water partition coefficient (Wildman–Crippen LogP) is 5.24. The fourth-order valence-corrected chi connectivity index (χ4v) is 3.27. The smallest absolute Gasteiger partial charge is 0.239 e. The number of aryl methyl sites for hydroxylation is 1.